The molecule has 2 amide bonds. The highest BCUT2D eigenvalue weighted by molar-refractivity contribution is 8.18. The molecule has 0 unspecified atom stereocenters. The summed E-state index contributed by atoms with van der Waals surface area (Å²) < 4.78 is 22.9. The fourth-order valence-electron chi connectivity index (χ4n) is 2.98. The molecule has 2 aromatic carbocycles. The van der Waals surface area contributed by atoms with Gasteiger partial charge in [0.15, 0.2) is 0 Å². The number of carbonyl (C=O) groups excluding carboxylic acids is 2. The fraction of sp³-hybridized carbons (Fsp3) is 0.263. The predicted molar refractivity (Wildman–Crippen MR) is 146 cm³/mol. The van der Waals surface area contributed by atoms with Crippen LogP contribution in [0, 0.1) is 5.41 Å². The van der Waals surface area contributed by atoms with Crippen LogP contribution < -0.4 is 10.6 Å². The van der Waals surface area contributed by atoms with Gasteiger partial charge in [0.25, 0.3) is 13.0 Å². The van der Waals surface area contributed by atoms with Gasteiger partial charge >= 0.3 is 11.3 Å². The molecule has 8 nitrogen and oxygen atoms in total. The highest BCUT2D eigenvalue weighted by Gasteiger charge is 2.49. The van der Waals surface area contributed by atoms with Crippen molar-refractivity contribution in [2.24, 2.45) is 5.41 Å². The molecule has 2 saturated heterocycles. The van der Waals surface area contributed by atoms with E-state index < -0.39 is 29.7 Å². The van der Waals surface area contributed by atoms with Crippen LogP contribution in [0.15, 0.2) is 36.4 Å². The van der Waals surface area contributed by atoms with Crippen molar-refractivity contribution in [3.05, 3.63) is 56.5 Å². The Morgan fingerprint density at radius 1 is 0.686 bits per heavy atom. The number of benzene rings is 2. The van der Waals surface area contributed by atoms with E-state index in [4.69, 9.17) is 88.1 Å². The Kier molecular flexibility index (Phi) is 8.56. The molecule has 2 heterocycles. The molecule has 0 saturated carbocycles. The Balaban J connectivity index is 1.34. The number of halogens is 4. The minimum atomic E-state index is -3.32. The molecule has 35 heavy (non-hydrogen) atoms. The average molecular weight is 636 g/mol. The van der Waals surface area contributed by atoms with Gasteiger partial charge in [0.05, 0.1) is 51.9 Å². The molecule has 0 aliphatic carbocycles. The number of amides is 2. The van der Waals surface area contributed by atoms with Crippen LogP contribution in [-0.2, 0) is 41.7 Å². The van der Waals surface area contributed by atoms with Crippen molar-refractivity contribution in [3.8, 4) is 0 Å². The lowest BCUT2D eigenvalue weighted by Crippen LogP contribution is -2.46. The second kappa shape index (κ2) is 10.8. The van der Waals surface area contributed by atoms with Gasteiger partial charge in [-0.05, 0) is 60.0 Å². The Hall–Kier alpha value is -0.320. The summed E-state index contributed by atoms with van der Waals surface area (Å²) in [6.45, 7) is -6.52. The Morgan fingerprint density at radius 3 is 1.34 bits per heavy atom. The van der Waals surface area contributed by atoms with Gasteiger partial charge in [0.1, 0.15) is 0 Å². The van der Waals surface area contributed by atoms with E-state index in [9.17, 15) is 9.59 Å². The van der Waals surface area contributed by atoms with Crippen molar-refractivity contribution in [1.29, 1.82) is 0 Å². The molecule has 0 radical (unpaired) electrons. The lowest BCUT2D eigenvalue weighted by atomic mass is 9.93. The molecule has 0 bridgehead atoms. The lowest BCUT2D eigenvalue weighted by Gasteiger charge is -2.44. The van der Waals surface area contributed by atoms with Gasteiger partial charge < -0.3 is 28.7 Å². The maximum Gasteiger partial charge on any atom is 0.309 e. The first-order valence-electron chi connectivity index (χ1n) is 9.75. The molecular weight excluding hydrogens is 620 g/mol. The average Bonchev–Trinajstić information content (AvgIpc) is 2.83. The van der Waals surface area contributed by atoms with E-state index in [0.29, 0.717) is 21.4 Å². The zero-order valence-electron chi connectivity index (χ0n) is 17.5. The number of hydrogen-bond donors (Lipinski definition) is 2. The molecule has 2 aromatic rings. The number of nitrogens with one attached hydrogen (secondary N) is 2. The van der Waals surface area contributed by atoms with Crippen molar-refractivity contribution in [2.45, 2.75) is 0 Å². The van der Waals surface area contributed by atoms with Gasteiger partial charge in [-0.25, -0.2) is 0 Å². The normalized spacial score (nSPS) is 28.5. The third-order valence-electron chi connectivity index (χ3n) is 5.00. The second-order valence-electron chi connectivity index (χ2n) is 7.71. The van der Waals surface area contributed by atoms with Crippen molar-refractivity contribution >= 4 is 106 Å². The molecule has 2 aliphatic heterocycles. The minimum absolute atomic E-state index is 0.0306. The fourth-order valence-corrected chi connectivity index (χ4v) is 7.41. The Morgan fingerprint density at radius 2 is 1.03 bits per heavy atom. The SMILES string of the molecule is O=C(Nc1ccc(Cl)c(Cl)c1)P1(=S)OCC2(CO1)COP(=S)(C(=O)Nc1ccc(Cl)c(Cl)c1)OC2. The van der Waals surface area contributed by atoms with E-state index in [0.717, 1.165) is 0 Å². The molecule has 188 valence electrons. The molecule has 4 rings (SSSR count). The molecule has 1 spiro atoms. The van der Waals surface area contributed by atoms with E-state index in [2.05, 4.69) is 10.6 Å². The minimum Gasteiger partial charge on any atom is -0.322 e. The zero-order chi connectivity index (χ0) is 25.4. The summed E-state index contributed by atoms with van der Waals surface area (Å²) in [6.07, 6.45) is 0. The smallest absolute Gasteiger partial charge is 0.309 e. The standard InChI is InChI=1S/C19H16Cl4N2O6P2S2/c20-13-3-1-11(5-15(13)22)24-17(26)32(34)28-7-19(8-29-32)9-30-33(35,31-10-19)18(27)25-12-2-4-14(21)16(23)6-12/h1-6H,7-10H2,(H,24,26)(H,25,27). The third-order valence-corrected chi connectivity index (χ3v) is 11.8. The first-order valence-corrected chi connectivity index (χ1v) is 16.5. The van der Waals surface area contributed by atoms with Gasteiger partial charge in [-0.3, -0.25) is 9.59 Å². The van der Waals surface area contributed by atoms with Crippen molar-refractivity contribution in [2.75, 3.05) is 37.1 Å². The van der Waals surface area contributed by atoms with Crippen LogP contribution in [0.1, 0.15) is 0 Å². The van der Waals surface area contributed by atoms with Crippen molar-refractivity contribution in [1.82, 2.24) is 0 Å². The van der Waals surface area contributed by atoms with Gasteiger partial charge in [-0.2, -0.15) is 0 Å². The van der Waals surface area contributed by atoms with Crippen LogP contribution >= 0.6 is 59.4 Å². The molecule has 2 N–H and O–H groups in total. The first kappa shape index (κ1) is 27.7. The van der Waals surface area contributed by atoms with Gasteiger partial charge in [-0.1, -0.05) is 46.4 Å². The largest absolute Gasteiger partial charge is 0.322 e. The summed E-state index contributed by atoms with van der Waals surface area (Å²) in [7, 11) is 0. The molecule has 2 aliphatic rings. The van der Waals surface area contributed by atoms with Gasteiger partial charge in [0.2, 0.25) is 0 Å². The molecule has 2 fully saturated rings. The number of hydrogen-bond acceptors (Lipinski definition) is 8. The Labute approximate surface area is 231 Å². The Bertz CT molecular complexity index is 1170. The maximum atomic E-state index is 12.7. The second-order valence-corrected chi connectivity index (χ2v) is 16.1. The number of carbonyl (C=O) groups is 2. The quantitative estimate of drug-likeness (QED) is 0.329. The van der Waals surface area contributed by atoms with Crippen LogP contribution in [0.5, 0.6) is 0 Å². The van der Waals surface area contributed by atoms with Crippen molar-refractivity contribution < 1.29 is 27.7 Å². The summed E-state index contributed by atoms with van der Waals surface area (Å²) in [5.74, 6) is 0. The van der Waals surface area contributed by atoms with Crippen LogP contribution in [0.4, 0.5) is 21.0 Å². The lowest BCUT2D eigenvalue weighted by molar-refractivity contribution is -0.0514. The summed E-state index contributed by atoms with van der Waals surface area (Å²) >= 11 is 34.5. The number of rotatable bonds is 4. The first-order chi connectivity index (χ1) is 16.4. The highest BCUT2D eigenvalue weighted by Crippen LogP contribution is 2.60. The summed E-state index contributed by atoms with van der Waals surface area (Å²) in [5.41, 5.74) is -1.15. The maximum absolute atomic E-state index is 12.7. The van der Waals surface area contributed by atoms with Crippen molar-refractivity contribution in [3.63, 3.8) is 0 Å². The predicted octanol–water partition coefficient (Wildman–Crippen LogP) is 7.76. The van der Waals surface area contributed by atoms with Crippen LogP contribution in [-0.4, -0.2) is 37.7 Å². The van der Waals surface area contributed by atoms with Gasteiger partial charge in [-0.15, -0.1) is 0 Å². The van der Waals surface area contributed by atoms with Crippen LogP contribution in [0.3, 0.4) is 0 Å². The number of anilines is 2. The molecule has 16 heteroatoms. The van der Waals surface area contributed by atoms with E-state index in [1.807, 2.05) is 0 Å². The third kappa shape index (κ3) is 6.23. The van der Waals surface area contributed by atoms with E-state index in [1.165, 1.54) is 12.1 Å². The van der Waals surface area contributed by atoms with E-state index in [-0.39, 0.29) is 36.5 Å². The highest BCUT2D eigenvalue weighted by atomic mass is 35.5. The van der Waals surface area contributed by atoms with E-state index in [1.54, 1.807) is 24.3 Å². The van der Waals surface area contributed by atoms with Gasteiger partial charge in [0, 0.05) is 11.4 Å². The topological polar surface area (TPSA) is 95.1 Å². The monoisotopic (exact) mass is 634 g/mol. The van der Waals surface area contributed by atoms with E-state index >= 15 is 0 Å². The zero-order valence-corrected chi connectivity index (χ0v) is 23.9. The van der Waals surface area contributed by atoms with Crippen LogP contribution in [0.25, 0.3) is 0 Å². The summed E-state index contributed by atoms with van der Waals surface area (Å²) in [6, 6.07) is 9.24. The molecule has 0 aromatic heterocycles. The van der Waals surface area contributed by atoms with Crippen LogP contribution in [0.2, 0.25) is 20.1 Å². The molecular formula is C19H16Cl4N2O6P2S2. The summed E-state index contributed by atoms with van der Waals surface area (Å²) in [4.78, 5) is 25.5. The molecule has 0 atom stereocenters. The summed E-state index contributed by atoms with van der Waals surface area (Å²) in [5, 5.41) is 6.54.